The highest BCUT2D eigenvalue weighted by molar-refractivity contribution is 7.90. The number of fused-ring (bicyclic) bond motifs is 2. The Morgan fingerprint density at radius 2 is 1.73 bits per heavy atom. The lowest BCUT2D eigenvalue weighted by molar-refractivity contribution is 0.172. The van der Waals surface area contributed by atoms with Gasteiger partial charge in [-0.3, -0.25) is 0 Å². The first-order chi connectivity index (χ1) is 12.4. The number of sulfonamides is 1. The normalized spacial score (nSPS) is 14.2. The van der Waals surface area contributed by atoms with Gasteiger partial charge in [0.05, 0.1) is 10.4 Å². The molecule has 0 bridgehead atoms. The summed E-state index contributed by atoms with van der Waals surface area (Å²) < 4.78 is 39.1. The van der Waals surface area contributed by atoms with Crippen molar-refractivity contribution in [2.45, 2.75) is 11.8 Å². The number of aromatic hydroxyl groups is 1. The average molecular weight is 373 g/mol. The van der Waals surface area contributed by atoms with E-state index in [0.29, 0.717) is 35.6 Å². The summed E-state index contributed by atoms with van der Waals surface area (Å²) in [6.45, 7) is 2.70. The van der Waals surface area contributed by atoms with Gasteiger partial charge in [-0.2, -0.15) is 8.42 Å². The highest BCUT2D eigenvalue weighted by atomic mass is 32.2. The van der Waals surface area contributed by atoms with Gasteiger partial charge in [0.25, 0.3) is 10.0 Å². The lowest BCUT2D eigenvalue weighted by Crippen LogP contribution is -2.15. The minimum absolute atomic E-state index is 0.0210. The molecule has 1 aliphatic rings. The van der Waals surface area contributed by atoms with Crippen molar-refractivity contribution in [1.29, 1.82) is 0 Å². The van der Waals surface area contributed by atoms with Crippen molar-refractivity contribution in [3.05, 3.63) is 42.0 Å². The molecular formula is C17H15N3O5S. The van der Waals surface area contributed by atoms with Crippen molar-refractivity contribution >= 4 is 26.6 Å². The van der Waals surface area contributed by atoms with Crippen LogP contribution in [0.3, 0.4) is 0 Å². The Labute approximate surface area is 149 Å². The third kappa shape index (κ3) is 2.86. The molecule has 0 radical (unpaired) electrons. The van der Waals surface area contributed by atoms with E-state index in [9.17, 15) is 13.5 Å². The summed E-state index contributed by atoms with van der Waals surface area (Å²) in [5.74, 6) is 0.756. The van der Waals surface area contributed by atoms with E-state index < -0.39 is 10.0 Å². The van der Waals surface area contributed by atoms with Crippen LogP contribution in [0, 0.1) is 6.92 Å². The van der Waals surface area contributed by atoms with E-state index in [1.807, 2.05) is 6.92 Å². The van der Waals surface area contributed by atoms with E-state index in [2.05, 4.69) is 14.6 Å². The number of hydrogen-bond acceptors (Lipinski definition) is 6. The molecule has 134 valence electrons. The molecule has 2 aromatic carbocycles. The number of ether oxygens (including phenoxy) is 2. The lowest BCUT2D eigenvalue weighted by atomic mass is 10.2. The van der Waals surface area contributed by atoms with Crippen LogP contribution in [0.4, 0.5) is 5.69 Å². The van der Waals surface area contributed by atoms with Gasteiger partial charge in [0.15, 0.2) is 17.2 Å². The Balaban J connectivity index is 1.75. The molecule has 0 aliphatic carbocycles. The van der Waals surface area contributed by atoms with Crippen LogP contribution in [0.5, 0.6) is 17.4 Å². The molecule has 0 saturated heterocycles. The number of aromatic nitrogens is 1. The molecule has 2 heterocycles. The van der Waals surface area contributed by atoms with Crippen molar-refractivity contribution in [2.75, 3.05) is 13.2 Å². The molecule has 9 heteroatoms. The molecule has 1 aliphatic heterocycles. The number of hydrogen-bond donors (Lipinski definition) is 2. The molecule has 26 heavy (non-hydrogen) atoms. The van der Waals surface area contributed by atoms with Gasteiger partial charge in [0.1, 0.15) is 13.2 Å². The first kappa shape index (κ1) is 16.4. The second-order valence-corrected chi connectivity index (χ2v) is 7.42. The molecule has 0 atom stereocenters. The molecule has 1 aromatic heterocycles. The molecule has 8 nitrogen and oxygen atoms in total. The smallest absolute Gasteiger partial charge is 0.299 e. The van der Waals surface area contributed by atoms with Crippen LogP contribution < -0.4 is 9.47 Å². The number of nitrogens with one attached hydrogen (secondary N) is 1. The summed E-state index contributed by atoms with van der Waals surface area (Å²) in [6.07, 6.45) is 0. The molecule has 4 rings (SSSR count). The fourth-order valence-corrected chi connectivity index (χ4v) is 3.42. The first-order valence-electron chi connectivity index (χ1n) is 7.83. The van der Waals surface area contributed by atoms with Crippen LogP contribution in [0.1, 0.15) is 5.56 Å². The van der Waals surface area contributed by atoms with Crippen LogP contribution >= 0.6 is 0 Å². The van der Waals surface area contributed by atoms with Crippen LogP contribution in [-0.2, 0) is 10.0 Å². The van der Waals surface area contributed by atoms with E-state index >= 15 is 0 Å². The van der Waals surface area contributed by atoms with E-state index in [1.165, 1.54) is 12.1 Å². The molecular weight excluding hydrogens is 358 g/mol. The number of benzene rings is 2. The molecule has 0 saturated carbocycles. The van der Waals surface area contributed by atoms with Crippen molar-refractivity contribution in [3.63, 3.8) is 0 Å². The van der Waals surface area contributed by atoms with Gasteiger partial charge in [-0.1, -0.05) is 22.2 Å². The van der Waals surface area contributed by atoms with Crippen LogP contribution in [-0.4, -0.2) is 31.7 Å². The van der Waals surface area contributed by atoms with E-state index in [1.54, 1.807) is 24.3 Å². The fraction of sp³-hybridized carbons (Fsp3) is 0.176. The maximum atomic E-state index is 12.3. The SMILES string of the molecule is Cc1ccc(S(=O)(=O)N=Nc2c(O)[nH]c3cc4c(cc23)OCCO4)cc1. The zero-order chi connectivity index (χ0) is 18.3. The summed E-state index contributed by atoms with van der Waals surface area (Å²) in [4.78, 5) is 2.76. The van der Waals surface area contributed by atoms with Crippen molar-refractivity contribution in [1.82, 2.24) is 4.98 Å². The summed E-state index contributed by atoms with van der Waals surface area (Å²) in [7, 11) is -3.98. The Hall–Kier alpha value is -3.07. The number of nitrogens with zero attached hydrogens (tertiary/aromatic N) is 2. The highest BCUT2D eigenvalue weighted by Crippen LogP contribution is 2.42. The molecule has 2 N–H and O–H groups in total. The predicted molar refractivity (Wildman–Crippen MR) is 93.8 cm³/mol. The predicted octanol–water partition coefficient (Wildman–Crippen LogP) is 3.43. The van der Waals surface area contributed by atoms with Crippen molar-refractivity contribution in [2.24, 2.45) is 9.63 Å². The highest BCUT2D eigenvalue weighted by Gasteiger charge is 2.19. The van der Waals surface area contributed by atoms with Gasteiger partial charge in [0, 0.05) is 11.5 Å². The van der Waals surface area contributed by atoms with Crippen LogP contribution in [0.15, 0.2) is 50.9 Å². The monoisotopic (exact) mass is 373 g/mol. The zero-order valence-electron chi connectivity index (χ0n) is 13.8. The van der Waals surface area contributed by atoms with Gasteiger partial charge >= 0.3 is 0 Å². The van der Waals surface area contributed by atoms with Gasteiger partial charge < -0.3 is 19.6 Å². The minimum Gasteiger partial charge on any atom is -0.493 e. The Bertz CT molecular complexity index is 1120. The molecule has 0 fully saturated rings. The third-order valence-corrected chi connectivity index (χ3v) is 5.15. The maximum Gasteiger partial charge on any atom is 0.299 e. The Morgan fingerprint density at radius 3 is 2.42 bits per heavy atom. The summed E-state index contributed by atoms with van der Waals surface area (Å²) >= 11 is 0. The van der Waals surface area contributed by atoms with Crippen LogP contribution in [0.25, 0.3) is 10.9 Å². The van der Waals surface area contributed by atoms with Crippen molar-refractivity contribution in [3.8, 4) is 17.4 Å². The second-order valence-electron chi connectivity index (χ2n) is 5.83. The quantitative estimate of drug-likeness (QED) is 0.683. The van der Waals surface area contributed by atoms with E-state index in [4.69, 9.17) is 9.47 Å². The number of H-pyrrole nitrogens is 1. The van der Waals surface area contributed by atoms with Gasteiger partial charge in [-0.05, 0) is 25.1 Å². The largest absolute Gasteiger partial charge is 0.493 e. The summed E-state index contributed by atoms with van der Waals surface area (Å²) in [5.41, 5.74) is 1.49. The summed E-state index contributed by atoms with van der Waals surface area (Å²) in [5, 5.41) is 14.3. The van der Waals surface area contributed by atoms with Crippen LogP contribution in [0.2, 0.25) is 0 Å². The fourth-order valence-electron chi connectivity index (χ4n) is 2.66. The average Bonchev–Trinajstić information content (AvgIpc) is 2.92. The second kappa shape index (κ2) is 6.03. The van der Waals surface area contributed by atoms with Gasteiger partial charge in [-0.15, -0.1) is 5.11 Å². The number of aromatic amines is 1. The number of aryl methyl sites for hydroxylation is 1. The Kier molecular flexibility index (Phi) is 3.80. The molecule has 3 aromatic rings. The molecule has 0 amide bonds. The first-order valence-corrected chi connectivity index (χ1v) is 9.27. The van der Waals surface area contributed by atoms with Gasteiger partial charge in [0.2, 0.25) is 5.88 Å². The van der Waals surface area contributed by atoms with Crippen molar-refractivity contribution < 1.29 is 23.0 Å². The zero-order valence-corrected chi connectivity index (χ0v) is 14.6. The van der Waals surface area contributed by atoms with E-state index in [-0.39, 0.29) is 16.5 Å². The minimum atomic E-state index is -3.98. The summed E-state index contributed by atoms with van der Waals surface area (Å²) in [6, 6.07) is 9.56. The molecule has 0 unspecified atom stereocenters. The number of rotatable bonds is 3. The van der Waals surface area contributed by atoms with Gasteiger partial charge in [-0.25, -0.2) is 0 Å². The molecule has 0 spiro atoms. The standard InChI is InChI=1S/C17H15N3O5S/c1-10-2-4-11(5-3-10)26(22,23)20-19-16-12-8-14-15(25-7-6-24-14)9-13(12)18-17(16)21/h2-5,8-9,18,21H,6-7H2,1H3. The van der Waals surface area contributed by atoms with E-state index in [0.717, 1.165) is 5.56 Å². The lowest BCUT2D eigenvalue weighted by Gasteiger charge is -2.17. The maximum absolute atomic E-state index is 12.3. The topological polar surface area (TPSA) is 113 Å². The third-order valence-electron chi connectivity index (χ3n) is 3.98. The Morgan fingerprint density at radius 1 is 1.08 bits per heavy atom.